The second kappa shape index (κ2) is 6.66. The minimum atomic E-state index is 0.113. The summed E-state index contributed by atoms with van der Waals surface area (Å²) in [6.07, 6.45) is 2.01. The van der Waals surface area contributed by atoms with Crippen molar-refractivity contribution in [2.75, 3.05) is 0 Å². The van der Waals surface area contributed by atoms with Gasteiger partial charge in [0.15, 0.2) is 0 Å². The van der Waals surface area contributed by atoms with Crippen molar-refractivity contribution in [3.63, 3.8) is 0 Å². The summed E-state index contributed by atoms with van der Waals surface area (Å²) < 4.78 is 0. The highest BCUT2D eigenvalue weighted by Gasteiger charge is 2.13. The first-order valence-electron chi connectivity index (χ1n) is 8.19. The molecule has 0 aliphatic carbocycles. The van der Waals surface area contributed by atoms with Crippen molar-refractivity contribution in [2.45, 2.75) is 58.9 Å². The van der Waals surface area contributed by atoms with Crippen LogP contribution >= 0.6 is 0 Å². The fraction of sp³-hybridized carbons (Fsp3) is 0.429. The molecular formula is C21H29N. The van der Waals surface area contributed by atoms with Crippen LogP contribution in [-0.2, 0) is 11.8 Å². The Labute approximate surface area is 135 Å². The van der Waals surface area contributed by atoms with Crippen LogP contribution in [0.25, 0.3) is 0 Å². The topological polar surface area (TPSA) is 26.0 Å². The normalized spacial score (nSPS) is 13.2. The summed E-state index contributed by atoms with van der Waals surface area (Å²) in [4.78, 5) is 0. The summed E-state index contributed by atoms with van der Waals surface area (Å²) in [5.41, 5.74) is 13.2. The monoisotopic (exact) mass is 295 g/mol. The predicted octanol–water partition coefficient (Wildman–Crippen LogP) is 5.23. The van der Waals surface area contributed by atoms with E-state index < -0.39 is 0 Å². The van der Waals surface area contributed by atoms with Gasteiger partial charge in [0.2, 0.25) is 0 Å². The molecule has 1 atom stereocenters. The van der Waals surface area contributed by atoms with Gasteiger partial charge in [0.25, 0.3) is 0 Å². The van der Waals surface area contributed by atoms with E-state index in [1.165, 1.54) is 27.8 Å². The Kier molecular flexibility index (Phi) is 5.08. The van der Waals surface area contributed by atoms with E-state index in [1.807, 2.05) is 0 Å². The van der Waals surface area contributed by atoms with E-state index in [0.29, 0.717) is 0 Å². The van der Waals surface area contributed by atoms with Crippen LogP contribution < -0.4 is 5.73 Å². The lowest BCUT2D eigenvalue weighted by atomic mass is 9.86. The van der Waals surface area contributed by atoms with Crippen LogP contribution in [0.2, 0.25) is 0 Å². The number of rotatable bonds is 4. The zero-order valence-corrected chi connectivity index (χ0v) is 14.6. The van der Waals surface area contributed by atoms with Crippen LogP contribution in [-0.4, -0.2) is 0 Å². The fourth-order valence-electron chi connectivity index (χ4n) is 2.66. The van der Waals surface area contributed by atoms with Crippen LogP contribution in [0.5, 0.6) is 0 Å². The van der Waals surface area contributed by atoms with Crippen molar-refractivity contribution in [3.05, 3.63) is 70.3 Å². The average Bonchev–Trinajstić information content (AvgIpc) is 2.47. The Morgan fingerprint density at radius 2 is 1.55 bits per heavy atom. The molecule has 0 bridgehead atoms. The zero-order valence-electron chi connectivity index (χ0n) is 14.6. The van der Waals surface area contributed by atoms with Crippen molar-refractivity contribution in [2.24, 2.45) is 5.73 Å². The Balaban J connectivity index is 1.98. The first-order chi connectivity index (χ1) is 10.3. The fourth-order valence-corrected chi connectivity index (χ4v) is 2.66. The molecule has 22 heavy (non-hydrogen) atoms. The molecule has 0 fully saturated rings. The number of benzene rings is 2. The summed E-state index contributed by atoms with van der Waals surface area (Å²) in [6.45, 7) is 11.0. The van der Waals surface area contributed by atoms with Gasteiger partial charge in [0.05, 0.1) is 0 Å². The third-order valence-electron chi connectivity index (χ3n) is 4.52. The maximum absolute atomic E-state index is 6.36. The summed E-state index contributed by atoms with van der Waals surface area (Å²) in [5, 5.41) is 0. The molecule has 0 aliphatic rings. The quantitative estimate of drug-likeness (QED) is 0.820. The summed E-state index contributed by atoms with van der Waals surface area (Å²) in [6, 6.07) is 15.7. The van der Waals surface area contributed by atoms with Gasteiger partial charge in [-0.15, -0.1) is 0 Å². The van der Waals surface area contributed by atoms with Gasteiger partial charge in [-0.25, -0.2) is 0 Å². The number of nitrogens with two attached hydrogens (primary N) is 1. The SMILES string of the molecule is Cc1ccc(C(N)CCc2ccc(C(C)(C)C)cc2)cc1C. The van der Waals surface area contributed by atoms with Gasteiger partial charge in [-0.2, -0.15) is 0 Å². The third-order valence-corrected chi connectivity index (χ3v) is 4.52. The minimum Gasteiger partial charge on any atom is -0.324 e. The van der Waals surface area contributed by atoms with Gasteiger partial charge in [-0.05, 0) is 59.9 Å². The minimum absolute atomic E-state index is 0.113. The second-order valence-corrected chi connectivity index (χ2v) is 7.44. The van der Waals surface area contributed by atoms with Gasteiger partial charge in [0, 0.05) is 6.04 Å². The Bertz CT molecular complexity index is 617. The lowest BCUT2D eigenvalue weighted by Crippen LogP contribution is -2.12. The Hall–Kier alpha value is -1.60. The molecule has 0 heterocycles. The summed E-state index contributed by atoms with van der Waals surface area (Å²) in [7, 11) is 0. The van der Waals surface area contributed by atoms with Gasteiger partial charge >= 0.3 is 0 Å². The maximum atomic E-state index is 6.36. The number of aryl methyl sites for hydroxylation is 3. The van der Waals surface area contributed by atoms with Crippen LogP contribution in [0.4, 0.5) is 0 Å². The van der Waals surface area contributed by atoms with Gasteiger partial charge in [0.1, 0.15) is 0 Å². The van der Waals surface area contributed by atoms with Crippen LogP contribution in [0, 0.1) is 13.8 Å². The standard InChI is InChI=1S/C21H29N/c1-15-6-10-18(14-16(15)2)20(22)13-9-17-7-11-19(12-8-17)21(3,4)5/h6-8,10-12,14,20H,9,13,22H2,1-5H3. The van der Waals surface area contributed by atoms with E-state index in [4.69, 9.17) is 5.73 Å². The highest BCUT2D eigenvalue weighted by atomic mass is 14.6. The van der Waals surface area contributed by atoms with Crippen LogP contribution in [0.15, 0.2) is 42.5 Å². The number of hydrogen-bond acceptors (Lipinski definition) is 1. The van der Waals surface area contributed by atoms with Crippen molar-refractivity contribution >= 4 is 0 Å². The Morgan fingerprint density at radius 1 is 0.909 bits per heavy atom. The second-order valence-electron chi connectivity index (χ2n) is 7.44. The largest absolute Gasteiger partial charge is 0.324 e. The Morgan fingerprint density at radius 3 is 2.09 bits per heavy atom. The summed E-state index contributed by atoms with van der Waals surface area (Å²) in [5.74, 6) is 0. The van der Waals surface area contributed by atoms with Crippen molar-refractivity contribution in [1.82, 2.24) is 0 Å². The van der Waals surface area contributed by atoms with E-state index in [2.05, 4.69) is 77.1 Å². The van der Waals surface area contributed by atoms with Gasteiger partial charge in [-0.1, -0.05) is 63.2 Å². The lowest BCUT2D eigenvalue weighted by Gasteiger charge is -2.19. The molecule has 118 valence electrons. The molecule has 0 radical (unpaired) electrons. The molecular weight excluding hydrogens is 266 g/mol. The zero-order chi connectivity index (χ0) is 16.3. The smallest absolute Gasteiger partial charge is 0.0298 e. The van der Waals surface area contributed by atoms with Gasteiger partial charge < -0.3 is 5.73 Å². The first-order valence-corrected chi connectivity index (χ1v) is 8.19. The van der Waals surface area contributed by atoms with E-state index in [0.717, 1.165) is 12.8 Å². The average molecular weight is 295 g/mol. The van der Waals surface area contributed by atoms with Crippen LogP contribution in [0.1, 0.15) is 61.1 Å². The molecule has 0 spiro atoms. The highest BCUT2D eigenvalue weighted by Crippen LogP contribution is 2.24. The molecule has 0 aromatic heterocycles. The molecule has 0 saturated carbocycles. The van der Waals surface area contributed by atoms with E-state index >= 15 is 0 Å². The van der Waals surface area contributed by atoms with E-state index in [-0.39, 0.29) is 11.5 Å². The van der Waals surface area contributed by atoms with Crippen molar-refractivity contribution in [3.8, 4) is 0 Å². The third kappa shape index (κ3) is 4.20. The summed E-state index contributed by atoms with van der Waals surface area (Å²) >= 11 is 0. The molecule has 2 aromatic rings. The number of hydrogen-bond donors (Lipinski definition) is 1. The predicted molar refractivity (Wildman–Crippen MR) is 96.3 cm³/mol. The van der Waals surface area contributed by atoms with E-state index in [1.54, 1.807) is 0 Å². The van der Waals surface area contributed by atoms with Crippen LogP contribution in [0.3, 0.4) is 0 Å². The lowest BCUT2D eigenvalue weighted by molar-refractivity contribution is 0.589. The van der Waals surface area contributed by atoms with Crippen molar-refractivity contribution < 1.29 is 0 Å². The molecule has 0 aliphatic heterocycles. The van der Waals surface area contributed by atoms with Crippen molar-refractivity contribution in [1.29, 1.82) is 0 Å². The molecule has 2 rings (SSSR count). The molecule has 1 unspecified atom stereocenters. The maximum Gasteiger partial charge on any atom is 0.0298 e. The molecule has 1 heteroatoms. The molecule has 2 aromatic carbocycles. The molecule has 1 nitrogen and oxygen atoms in total. The molecule has 2 N–H and O–H groups in total. The first kappa shape index (κ1) is 16.8. The molecule has 0 saturated heterocycles. The van der Waals surface area contributed by atoms with Gasteiger partial charge in [-0.3, -0.25) is 0 Å². The molecule has 0 amide bonds. The highest BCUT2D eigenvalue weighted by molar-refractivity contribution is 5.32. The van der Waals surface area contributed by atoms with E-state index in [9.17, 15) is 0 Å².